The molecule has 0 unspecified atom stereocenters. The highest BCUT2D eigenvalue weighted by atomic mass is 16.3. The summed E-state index contributed by atoms with van der Waals surface area (Å²) in [5.41, 5.74) is -13.8. The molecule has 80 heavy (non-hydrogen) atoms. The summed E-state index contributed by atoms with van der Waals surface area (Å²) in [7, 11) is 0. The van der Waals surface area contributed by atoms with Gasteiger partial charge in [-0.2, -0.15) is 0 Å². The number of Topliss-reactive ketones (excluding diaryl/α,β-unsaturated/α-hetero) is 8. The van der Waals surface area contributed by atoms with E-state index in [-0.39, 0.29) is 36.8 Å². The molecule has 18 nitrogen and oxygen atoms in total. The van der Waals surface area contributed by atoms with Crippen LogP contribution in [0.2, 0.25) is 0 Å². The first-order chi connectivity index (χ1) is 37.5. The third-order valence-corrected chi connectivity index (χ3v) is 14.2. The number of rotatable bonds is 13. The number of aromatic hydroxyl groups is 8. The van der Waals surface area contributed by atoms with Crippen molar-refractivity contribution < 1.29 is 89.4 Å². The van der Waals surface area contributed by atoms with Crippen LogP contribution >= 0.6 is 0 Å². The summed E-state index contributed by atoms with van der Waals surface area (Å²) in [5.74, 6) is -20.0. The van der Waals surface area contributed by atoms with Crippen LogP contribution in [-0.4, -0.2) is 110 Å². The minimum absolute atomic E-state index is 0.231. The molecule has 4 aromatic carbocycles. The number of benzene rings is 4. The molecule has 10 N–H and O–H groups in total. The molecule has 4 aliphatic rings. The van der Waals surface area contributed by atoms with Crippen LogP contribution in [0.5, 0.6) is 46.0 Å². The molecule has 4 aromatic rings. The first-order valence-electron chi connectivity index (χ1n) is 25.1. The molecule has 0 aromatic heterocycles. The van der Waals surface area contributed by atoms with Gasteiger partial charge < -0.3 is 51.1 Å². The van der Waals surface area contributed by atoms with E-state index in [0.717, 1.165) is 24.3 Å². The van der Waals surface area contributed by atoms with Crippen LogP contribution in [0.1, 0.15) is 175 Å². The van der Waals surface area contributed by atoms with Crippen LogP contribution in [0, 0.1) is 0 Å². The Morgan fingerprint density at radius 1 is 0.350 bits per heavy atom. The van der Waals surface area contributed by atoms with Crippen molar-refractivity contribution in [2.75, 3.05) is 0 Å². The minimum Gasteiger partial charge on any atom is -0.507 e. The third-order valence-electron chi connectivity index (χ3n) is 14.2. The maximum absolute atomic E-state index is 15.5. The Balaban J connectivity index is 1.53. The van der Waals surface area contributed by atoms with Crippen LogP contribution in [0.4, 0.5) is 0 Å². The lowest BCUT2D eigenvalue weighted by Crippen LogP contribution is -2.31. The molecule has 4 aliphatic carbocycles. The average Bonchev–Trinajstić information content (AvgIpc) is 3.42. The van der Waals surface area contributed by atoms with E-state index in [0.29, 0.717) is 34.4 Å². The van der Waals surface area contributed by atoms with Crippen LogP contribution in [-0.2, 0) is 0 Å². The molecule has 8 rings (SSSR count). The summed E-state index contributed by atoms with van der Waals surface area (Å²) >= 11 is 0. The number of hydrogen-bond acceptors (Lipinski definition) is 18. The number of allylic oxidation sites excluding steroid dienone is 12. The molecule has 0 aliphatic heterocycles. The van der Waals surface area contributed by atoms with E-state index in [9.17, 15) is 70.2 Å². The fourth-order valence-corrected chi connectivity index (χ4v) is 10.4. The van der Waals surface area contributed by atoms with Crippen molar-refractivity contribution in [3.05, 3.63) is 172 Å². The van der Waals surface area contributed by atoms with E-state index in [1.165, 1.54) is 0 Å². The highest BCUT2D eigenvalue weighted by Gasteiger charge is 2.49. The monoisotopic (exact) mass is 1090 g/mol. The maximum atomic E-state index is 15.5. The molecule has 0 fully saturated rings. The van der Waals surface area contributed by atoms with Crippen molar-refractivity contribution >= 4 is 57.4 Å². The first-order valence-corrected chi connectivity index (χ1v) is 25.1. The van der Waals surface area contributed by atoms with Gasteiger partial charge in [0.15, 0.2) is 46.3 Å². The van der Waals surface area contributed by atoms with E-state index < -0.39 is 194 Å². The zero-order valence-electron chi connectivity index (χ0n) is 44.5. The smallest absolute Gasteiger partial charge is 0.199 e. The van der Waals surface area contributed by atoms with Crippen molar-refractivity contribution in [2.24, 2.45) is 0 Å². The van der Waals surface area contributed by atoms with Gasteiger partial charge in [0.25, 0.3) is 0 Å². The molecule has 0 heterocycles. The molecular formula is C62H54O18. The number of fused-ring (bicyclic) bond motifs is 4. The highest BCUT2D eigenvalue weighted by molar-refractivity contribution is 6.51. The van der Waals surface area contributed by atoms with Crippen molar-refractivity contribution in [1.82, 2.24) is 0 Å². The second-order valence-corrected chi connectivity index (χ2v) is 20.7. The lowest BCUT2D eigenvalue weighted by molar-refractivity contribution is 0.0930. The van der Waals surface area contributed by atoms with Gasteiger partial charge in [-0.05, 0) is 117 Å². The molecule has 18 heteroatoms. The normalized spacial score (nSPS) is 15.9. The fourth-order valence-electron chi connectivity index (χ4n) is 10.4. The lowest BCUT2D eigenvalue weighted by atomic mass is 9.69. The van der Waals surface area contributed by atoms with Crippen LogP contribution < -0.4 is 0 Å². The average molecular weight is 1090 g/mol. The summed E-state index contributed by atoms with van der Waals surface area (Å²) in [6.07, 6.45) is 1.86. The second kappa shape index (κ2) is 21.0. The van der Waals surface area contributed by atoms with Crippen LogP contribution in [0.25, 0.3) is 11.1 Å². The summed E-state index contributed by atoms with van der Waals surface area (Å²) in [4.78, 5) is 121. The molecule has 0 bridgehead atoms. The van der Waals surface area contributed by atoms with Crippen LogP contribution in [0.15, 0.2) is 116 Å². The number of hydrogen-bond donors (Lipinski definition) is 10. The number of aliphatic hydroxyl groups is 2. The van der Waals surface area contributed by atoms with Gasteiger partial charge in [0, 0.05) is 55.7 Å². The quantitative estimate of drug-likeness (QED) is 0.0440. The largest absolute Gasteiger partial charge is 0.507 e. The fraction of sp³-hybridized carbons (Fsp3) is 0.226. The number of aliphatic hydroxyl groups excluding tert-OH is 2. The van der Waals surface area contributed by atoms with E-state index in [4.69, 9.17) is 0 Å². The Labute approximate surface area is 456 Å². The van der Waals surface area contributed by atoms with Gasteiger partial charge in [0.2, 0.25) is 0 Å². The van der Waals surface area contributed by atoms with E-state index in [1.54, 1.807) is 79.7 Å². The predicted octanol–water partition coefficient (Wildman–Crippen LogP) is 9.20. The van der Waals surface area contributed by atoms with E-state index in [2.05, 4.69) is 0 Å². The molecule has 410 valence electrons. The zero-order valence-corrected chi connectivity index (χ0v) is 44.5. The van der Waals surface area contributed by atoms with Gasteiger partial charge in [0.1, 0.15) is 46.0 Å². The number of phenols is 8. The molecule has 2 atom stereocenters. The van der Waals surface area contributed by atoms with Gasteiger partial charge in [-0.3, -0.25) is 38.4 Å². The van der Waals surface area contributed by atoms with Crippen molar-refractivity contribution in [3.63, 3.8) is 0 Å². The Morgan fingerprint density at radius 2 is 0.613 bits per heavy atom. The first kappa shape index (κ1) is 56.7. The highest BCUT2D eigenvalue weighted by Crippen LogP contribution is 2.54. The van der Waals surface area contributed by atoms with Crippen LogP contribution in [0.3, 0.4) is 0 Å². The van der Waals surface area contributed by atoms with Crippen molar-refractivity contribution in [1.29, 1.82) is 0 Å². The predicted molar refractivity (Wildman–Crippen MR) is 290 cm³/mol. The van der Waals surface area contributed by atoms with Gasteiger partial charge >= 0.3 is 0 Å². The Morgan fingerprint density at radius 3 is 0.887 bits per heavy atom. The molecule has 0 amide bonds. The van der Waals surface area contributed by atoms with Gasteiger partial charge in [-0.1, -0.05) is 46.6 Å². The van der Waals surface area contributed by atoms with Crippen molar-refractivity contribution in [3.8, 4) is 46.0 Å². The molecule has 0 spiro atoms. The number of carbonyl (C=O) groups excluding carboxylic acids is 8. The summed E-state index contributed by atoms with van der Waals surface area (Å²) in [6.45, 7) is 13.6. The number of carbonyl (C=O) groups is 8. The Bertz CT molecular complexity index is 3630. The lowest BCUT2D eigenvalue weighted by Gasteiger charge is -2.30. The SMILES string of the molecule is CC(C)=CCC1=C([C@H](O)CC=C(C)C)C(=O)c2c(O)c(C3=C(C4=C(c5cc(O)c6c(c5O)C(=O)C([C@H](O)CC=C(C)C)=C(CC=C(C)C)C6=O)C(=O)c5c(O)ccc(O)c5C4=O)C(=O)c4c(O)ccc(O)c4C3=O)cc(O)c2C1=O. The summed E-state index contributed by atoms with van der Waals surface area (Å²) in [5, 5.41) is 117. The zero-order chi connectivity index (χ0) is 59.0. The molecule has 0 saturated heterocycles. The van der Waals surface area contributed by atoms with E-state index >= 15 is 19.2 Å². The third kappa shape index (κ3) is 9.16. The molecule has 0 saturated carbocycles. The Kier molecular flexibility index (Phi) is 14.9. The number of ketones is 8. The van der Waals surface area contributed by atoms with Gasteiger partial charge in [-0.25, -0.2) is 0 Å². The van der Waals surface area contributed by atoms with Crippen molar-refractivity contribution in [2.45, 2.75) is 93.3 Å². The minimum atomic E-state index is -1.72. The van der Waals surface area contributed by atoms with Gasteiger partial charge in [-0.15, -0.1) is 0 Å². The number of phenolic OH excluding ortho intramolecular Hbond substituents is 8. The maximum Gasteiger partial charge on any atom is 0.199 e. The summed E-state index contributed by atoms with van der Waals surface area (Å²) in [6, 6.07) is 4.26. The standard InChI is InChI=1S/C62H54O18/c1-23(2)9-13-27-39(31(63)15-11-25(5)6)57(75)51-47(53(27)71)37(69)21-29(55(51)73)41-49(61(79)45-35(67)19-17-33(65)43(45)59(41)77)50-42(60(78)44-34(66)18-20-36(68)46(44)62(50)80)30-22-38(70)48-52(56(30)74)58(76)40(32(64)16-12-26(7)8)28(54(48)72)14-10-24(3)4/h9-12,17-22,31-32,63-70,73-74H,13-16H2,1-8H3/t31-,32-/m1/s1. The molecule has 0 radical (unpaired) electrons. The summed E-state index contributed by atoms with van der Waals surface area (Å²) < 4.78 is 0. The second-order valence-electron chi connectivity index (χ2n) is 20.7. The van der Waals surface area contributed by atoms with E-state index in [1.807, 2.05) is 0 Å². The van der Waals surface area contributed by atoms with Gasteiger partial charge in [0.05, 0.1) is 56.7 Å². The topological polar surface area (TPSA) is 339 Å². The molecular weight excluding hydrogens is 1030 g/mol. The Hall–Kier alpha value is -9.52.